The van der Waals surface area contributed by atoms with Crippen molar-refractivity contribution in [2.45, 2.75) is 286 Å². The molecule has 2 aliphatic rings. The van der Waals surface area contributed by atoms with Crippen LogP contribution in [-0.2, 0) is 23.7 Å². The largest absolute Gasteiger partial charge is 0.394 e. The molecular weight excluding hydrogens is 1100 g/mol. The second-order valence-electron chi connectivity index (χ2n) is 22.9. The number of aliphatic hydroxyl groups is 8. The Kier molecular flexibility index (Phi) is 50.7. The molecule has 2 aliphatic heterocycles. The highest BCUT2D eigenvalue weighted by Gasteiger charge is 2.51. The quantitative estimate of drug-likeness (QED) is 0.0204. The van der Waals surface area contributed by atoms with Crippen LogP contribution in [0.3, 0.4) is 0 Å². The van der Waals surface area contributed by atoms with Gasteiger partial charge in [-0.15, -0.1) is 0 Å². The average Bonchev–Trinajstić information content (AvgIpc) is 3.71. The van der Waals surface area contributed by atoms with Crippen molar-refractivity contribution in [3.05, 3.63) is 146 Å². The first kappa shape index (κ1) is 79.0. The molecule has 2 heterocycles. The maximum Gasteiger partial charge on any atom is 0.220 e. The third kappa shape index (κ3) is 40.3. The smallest absolute Gasteiger partial charge is 0.220 e. The van der Waals surface area contributed by atoms with Crippen molar-refractivity contribution in [1.29, 1.82) is 0 Å². The number of allylic oxidation sites excluding steroid dienone is 23. The van der Waals surface area contributed by atoms with Gasteiger partial charge in [-0.1, -0.05) is 243 Å². The SMILES string of the molecule is CC/C=C\C/C=C\C/C=C\C/C=C\C/C=C\C/C=C\C/C=C\C/C=C\C/C=C\C/C=C\CCCCCCC(=O)NC(COC1OC(CO)C(OC2OC(CO)C(O)C(O)C2O)C(O)C1O)C(O)/C=C/CC/C=C/CCCCCCCCCCCCCC. The molecule has 0 aliphatic carbocycles. The summed E-state index contributed by atoms with van der Waals surface area (Å²) in [5, 5.41) is 87.2. The number of aliphatic hydroxyl groups excluding tert-OH is 8. The van der Waals surface area contributed by atoms with Crippen LogP contribution >= 0.6 is 0 Å². The van der Waals surface area contributed by atoms with Crippen LogP contribution in [0.1, 0.15) is 213 Å². The maximum atomic E-state index is 13.3. The summed E-state index contributed by atoms with van der Waals surface area (Å²) < 4.78 is 22.8. The van der Waals surface area contributed by atoms with E-state index in [1.807, 2.05) is 6.08 Å². The van der Waals surface area contributed by atoms with Gasteiger partial charge in [0, 0.05) is 6.42 Å². The molecular formula is C73H119NO13. The van der Waals surface area contributed by atoms with E-state index >= 15 is 0 Å². The van der Waals surface area contributed by atoms with Crippen molar-refractivity contribution in [3.63, 3.8) is 0 Å². The van der Waals surface area contributed by atoms with Crippen molar-refractivity contribution in [3.8, 4) is 0 Å². The van der Waals surface area contributed by atoms with Gasteiger partial charge in [0.15, 0.2) is 12.6 Å². The maximum absolute atomic E-state index is 13.3. The summed E-state index contributed by atoms with van der Waals surface area (Å²) >= 11 is 0. The molecule has 0 aromatic rings. The van der Waals surface area contributed by atoms with Gasteiger partial charge in [0.05, 0.1) is 32.0 Å². The highest BCUT2D eigenvalue weighted by Crippen LogP contribution is 2.30. The molecule has 0 radical (unpaired) electrons. The zero-order valence-corrected chi connectivity index (χ0v) is 53.4. The van der Waals surface area contributed by atoms with Crippen molar-refractivity contribution in [2.75, 3.05) is 19.8 Å². The molecule has 2 saturated heterocycles. The normalized spacial score (nSPS) is 24.3. The summed E-state index contributed by atoms with van der Waals surface area (Å²) in [6.45, 7) is 2.64. The average molecular weight is 1220 g/mol. The molecule has 87 heavy (non-hydrogen) atoms. The lowest BCUT2D eigenvalue weighted by molar-refractivity contribution is -0.359. The van der Waals surface area contributed by atoms with E-state index in [4.69, 9.17) is 18.9 Å². The first-order valence-electron chi connectivity index (χ1n) is 33.6. The number of carbonyl (C=O) groups excluding carboxylic acids is 1. The Morgan fingerprint density at radius 2 is 0.805 bits per heavy atom. The standard InChI is InChI=1S/C73H119NO13/c1-3-5-7-9-11-13-15-17-19-21-23-24-25-26-27-28-29-30-31-32-33-34-35-36-37-38-39-41-43-45-47-49-51-53-55-57-65(78)74-61(62(77)56-54-52-50-48-46-44-42-40-22-20-18-16-14-12-10-8-6-4-2)60-84-72-70(83)68(81)71(64(59-76)86-72)87-73-69(82)67(80)66(79)63(58-75)85-73/h5,7,11,13,17,19,23-24,26-27,29-30,32-33,35-36,38-39,43,45-46,48,54,56,61-64,66-73,75-77,79-83H,3-4,6,8-10,12,14-16,18,20-22,25,28,31,34,37,40-42,44,47,49-53,55,57-60H2,1-2H3,(H,74,78)/b7-5-,13-11-,19-17-,24-23-,27-26-,30-29-,33-32-,36-35-,39-38-,45-43-,48-46+,56-54+. The van der Waals surface area contributed by atoms with Gasteiger partial charge in [0.1, 0.15) is 48.8 Å². The molecule has 1 amide bonds. The lowest BCUT2D eigenvalue weighted by Crippen LogP contribution is -2.65. The fourth-order valence-corrected chi connectivity index (χ4v) is 9.92. The van der Waals surface area contributed by atoms with Crippen molar-refractivity contribution in [1.82, 2.24) is 5.32 Å². The van der Waals surface area contributed by atoms with E-state index in [0.29, 0.717) is 12.8 Å². The van der Waals surface area contributed by atoms with Gasteiger partial charge in [-0.25, -0.2) is 0 Å². The lowest BCUT2D eigenvalue weighted by Gasteiger charge is -2.46. The van der Waals surface area contributed by atoms with E-state index in [1.54, 1.807) is 6.08 Å². The fourth-order valence-electron chi connectivity index (χ4n) is 9.92. The zero-order chi connectivity index (χ0) is 63.1. The second kappa shape index (κ2) is 55.9. The molecule has 9 N–H and O–H groups in total. The lowest BCUT2D eigenvalue weighted by atomic mass is 9.97. The number of hydrogen-bond acceptors (Lipinski definition) is 13. The number of nitrogens with one attached hydrogen (secondary N) is 1. The molecule has 0 bridgehead atoms. The van der Waals surface area contributed by atoms with Gasteiger partial charge in [-0.2, -0.15) is 0 Å². The molecule has 12 unspecified atom stereocenters. The summed E-state index contributed by atoms with van der Waals surface area (Å²) in [4.78, 5) is 13.3. The molecule has 0 aromatic carbocycles. The summed E-state index contributed by atoms with van der Waals surface area (Å²) in [7, 11) is 0. The van der Waals surface area contributed by atoms with Crippen LogP contribution in [0.5, 0.6) is 0 Å². The fraction of sp³-hybridized carbons (Fsp3) is 0.658. The Bertz CT molecular complexity index is 2020. The van der Waals surface area contributed by atoms with E-state index in [2.05, 4.69) is 153 Å². The predicted molar refractivity (Wildman–Crippen MR) is 354 cm³/mol. The highest BCUT2D eigenvalue weighted by atomic mass is 16.7. The van der Waals surface area contributed by atoms with Crippen LogP contribution in [0.4, 0.5) is 0 Å². The molecule has 12 atom stereocenters. The van der Waals surface area contributed by atoms with Gasteiger partial charge >= 0.3 is 0 Å². The van der Waals surface area contributed by atoms with Crippen LogP contribution < -0.4 is 5.32 Å². The minimum atomic E-state index is -1.80. The molecule has 494 valence electrons. The first-order valence-corrected chi connectivity index (χ1v) is 33.6. The number of rotatable bonds is 52. The van der Waals surface area contributed by atoms with Crippen LogP contribution in [0.2, 0.25) is 0 Å². The van der Waals surface area contributed by atoms with Crippen LogP contribution in [0.15, 0.2) is 146 Å². The zero-order valence-electron chi connectivity index (χ0n) is 53.4. The Labute approximate surface area is 525 Å². The summed E-state index contributed by atoms with van der Waals surface area (Å²) in [5.74, 6) is -0.280. The van der Waals surface area contributed by atoms with Crippen molar-refractivity contribution in [2.24, 2.45) is 0 Å². The van der Waals surface area contributed by atoms with E-state index < -0.39 is 86.8 Å². The van der Waals surface area contributed by atoms with Crippen molar-refractivity contribution < 1.29 is 64.6 Å². The molecule has 14 nitrogen and oxygen atoms in total. The number of hydrogen-bond donors (Lipinski definition) is 9. The molecule has 0 saturated carbocycles. The van der Waals surface area contributed by atoms with E-state index in [0.717, 1.165) is 103 Å². The Balaban J connectivity index is 1.72. The Morgan fingerprint density at radius 1 is 0.425 bits per heavy atom. The summed E-state index contributed by atoms with van der Waals surface area (Å²) in [5.41, 5.74) is 0. The van der Waals surface area contributed by atoms with Gasteiger partial charge in [-0.05, 0) is 109 Å². The van der Waals surface area contributed by atoms with Crippen LogP contribution in [0, 0.1) is 0 Å². The van der Waals surface area contributed by atoms with E-state index in [-0.39, 0.29) is 18.9 Å². The Morgan fingerprint density at radius 3 is 1.26 bits per heavy atom. The van der Waals surface area contributed by atoms with Crippen LogP contribution in [0.25, 0.3) is 0 Å². The molecule has 2 fully saturated rings. The topological polar surface area (TPSA) is 228 Å². The minimum absolute atomic E-state index is 0.234. The second-order valence-corrected chi connectivity index (χ2v) is 22.9. The number of amides is 1. The number of carbonyl (C=O) groups is 1. The third-order valence-electron chi connectivity index (χ3n) is 15.3. The van der Waals surface area contributed by atoms with E-state index in [1.165, 1.54) is 77.0 Å². The van der Waals surface area contributed by atoms with Gasteiger partial charge < -0.3 is 65.1 Å². The van der Waals surface area contributed by atoms with Crippen molar-refractivity contribution >= 4 is 5.91 Å². The molecule has 0 aromatic heterocycles. The monoisotopic (exact) mass is 1220 g/mol. The third-order valence-corrected chi connectivity index (χ3v) is 15.3. The van der Waals surface area contributed by atoms with Gasteiger partial charge in [0.2, 0.25) is 5.91 Å². The Hall–Kier alpha value is -4.13. The van der Waals surface area contributed by atoms with E-state index in [9.17, 15) is 45.6 Å². The molecule has 0 spiro atoms. The molecule has 14 heteroatoms. The van der Waals surface area contributed by atoms with Gasteiger partial charge in [-0.3, -0.25) is 4.79 Å². The predicted octanol–water partition coefficient (Wildman–Crippen LogP) is 13.3. The number of ether oxygens (including phenoxy) is 4. The summed E-state index contributed by atoms with van der Waals surface area (Å²) in [6.07, 6.45) is 67.5. The number of unbranched alkanes of at least 4 members (excludes halogenated alkanes) is 17. The van der Waals surface area contributed by atoms with Crippen LogP contribution in [-0.4, -0.2) is 140 Å². The highest BCUT2D eigenvalue weighted by molar-refractivity contribution is 5.76. The minimum Gasteiger partial charge on any atom is -0.394 e. The first-order chi connectivity index (χ1) is 42.6. The summed E-state index contributed by atoms with van der Waals surface area (Å²) in [6, 6.07) is -0.957. The molecule has 2 rings (SSSR count). The van der Waals surface area contributed by atoms with Gasteiger partial charge in [0.25, 0.3) is 0 Å².